The Morgan fingerprint density at radius 1 is 0.625 bits per heavy atom. The molecule has 6 rings (SSSR count). The predicted molar refractivity (Wildman–Crippen MR) is 137 cm³/mol. The molecule has 1 atom stereocenters. The highest BCUT2D eigenvalue weighted by molar-refractivity contribution is 8.18. The fourth-order valence-corrected chi connectivity index (χ4v) is 7.14. The van der Waals surface area contributed by atoms with E-state index in [-0.39, 0.29) is 6.04 Å². The van der Waals surface area contributed by atoms with Crippen LogP contribution in [0.2, 0.25) is 0 Å². The molecule has 4 heteroatoms. The van der Waals surface area contributed by atoms with Crippen molar-refractivity contribution in [3.63, 3.8) is 0 Å². The van der Waals surface area contributed by atoms with Gasteiger partial charge in [0.15, 0.2) is 0 Å². The number of hydrazone groups is 1. The van der Waals surface area contributed by atoms with Crippen LogP contribution in [0.15, 0.2) is 124 Å². The van der Waals surface area contributed by atoms with Crippen molar-refractivity contribution in [1.29, 1.82) is 0 Å². The number of rotatable bonds is 4. The van der Waals surface area contributed by atoms with E-state index in [1.807, 2.05) is 23.5 Å². The van der Waals surface area contributed by atoms with Gasteiger partial charge in [-0.1, -0.05) is 84.9 Å². The molecule has 0 spiro atoms. The molecular weight excluding hydrogens is 428 g/mol. The summed E-state index contributed by atoms with van der Waals surface area (Å²) >= 11 is 3.89. The van der Waals surface area contributed by atoms with E-state index in [9.17, 15) is 0 Å². The second-order valence-electron chi connectivity index (χ2n) is 7.99. The topological polar surface area (TPSA) is 15.6 Å². The molecule has 0 aromatic heterocycles. The van der Waals surface area contributed by atoms with Crippen molar-refractivity contribution in [3.05, 3.63) is 126 Å². The first-order chi connectivity index (χ1) is 15.8. The van der Waals surface area contributed by atoms with Gasteiger partial charge in [-0.25, -0.2) is 0 Å². The normalized spacial score (nSPS) is 17.9. The molecule has 0 fully saturated rings. The minimum absolute atomic E-state index is 0.205. The standard InChI is InChI=1S/C28H22N2S2/c1-3-9-20(10-4-1)24-19-25(21-11-5-2-6-12-21)30(29-24)23-17-15-22(16-18-23)28-31-26-13-7-8-14-27(26)32-28/h1-18,25,28H,19H2. The maximum Gasteiger partial charge on any atom is 0.0846 e. The van der Waals surface area contributed by atoms with E-state index in [1.165, 1.54) is 26.5 Å². The monoisotopic (exact) mass is 450 g/mol. The summed E-state index contributed by atoms with van der Waals surface area (Å²) in [6, 6.07) is 39.1. The van der Waals surface area contributed by atoms with Gasteiger partial charge in [0.05, 0.1) is 22.0 Å². The first-order valence-electron chi connectivity index (χ1n) is 10.8. The number of benzene rings is 4. The van der Waals surface area contributed by atoms with Crippen molar-refractivity contribution in [2.45, 2.75) is 26.8 Å². The van der Waals surface area contributed by atoms with E-state index in [0.717, 1.165) is 17.8 Å². The highest BCUT2D eigenvalue weighted by Gasteiger charge is 2.30. The molecule has 2 aliphatic rings. The Kier molecular flexibility index (Phi) is 5.26. The Labute approximate surface area is 197 Å². The summed E-state index contributed by atoms with van der Waals surface area (Å²) in [6.07, 6.45) is 0.902. The van der Waals surface area contributed by atoms with Crippen LogP contribution in [0.3, 0.4) is 0 Å². The Morgan fingerprint density at radius 2 is 1.22 bits per heavy atom. The van der Waals surface area contributed by atoms with Gasteiger partial charge in [-0.05, 0) is 41.0 Å². The van der Waals surface area contributed by atoms with Gasteiger partial charge in [-0.3, -0.25) is 5.01 Å². The van der Waals surface area contributed by atoms with Crippen molar-refractivity contribution >= 4 is 34.9 Å². The molecule has 4 aromatic carbocycles. The number of hydrogen-bond acceptors (Lipinski definition) is 4. The number of nitrogens with zero attached hydrogens (tertiary/aromatic N) is 2. The fourth-order valence-electron chi connectivity index (χ4n) is 4.31. The summed E-state index contributed by atoms with van der Waals surface area (Å²) in [5.41, 5.74) is 6.12. The summed E-state index contributed by atoms with van der Waals surface area (Å²) in [6.45, 7) is 0. The molecule has 32 heavy (non-hydrogen) atoms. The third kappa shape index (κ3) is 3.74. The lowest BCUT2D eigenvalue weighted by Gasteiger charge is -2.24. The quantitative estimate of drug-likeness (QED) is 0.314. The Bertz CT molecular complexity index is 1230. The van der Waals surface area contributed by atoms with Crippen molar-refractivity contribution < 1.29 is 0 Å². The summed E-state index contributed by atoms with van der Waals surface area (Å²) in [5, 5.41) is 7.29. The van der Waals surface area contributed by atoms with Crippen LogP contribution in [0.4, 0.5) is 5.69 Å². The highest BCUT2D eigenvalue weighted by atomic mass is 32.2. The van der Waals surface area contributed by atoms with E-state index < -0.39 is 0 Å². The average molecular weight is 451 g/mol. The van der Waals surface area contributed by atoms with Gasteiger partial charge in [0, 0.05) is 16.2 Å². The number of fused-ring (bicyclic) bond motifs is 1. The summed E-state index contributed by atoms with van der Waals surface area (Å²) in [5.74, 6) is 0. The van der Waals surface area contributed by atoms with Crippen LogP contribution < -0.4 is 5.01 Å². The number of anilines is 1. The first kappa shape index (κ1) is 19.7. The van der Waals surface area contributed by atoms with Crippen molar-refractivity contribution in [2.75, 3.05) is 5.01 Å². The lowest BCUT2D eigenvalue weighted by atomic mass is 9.98. The maximum absolute atomic E-state index is 5.09. The first-order valence-corrected chi connectivity index (χ1v) is 12.6. The average Bonchev–Trinajstić information content (AvgIpc) is 3.50. The molecule has 0 saturated heterocycles. The van der Waals surface area contributed by atoms with Crippen LogP contribution >= 0.6 is 23.5 Å². The van der Waals surface area contributed by atoms with Crippen LogP contribution in [0.5, 0.6) is 0 Å². The molecule has 0 saturated carbocycles. The summed E-state index contributed by atoms with van der Waals surface area (Å²) in [7, 11) is 0. The zero-order chi connectivity index (χ0) is 21.3. The largest absolute Gasteiger partial charge is 0.257 e. The molecule has 0 N–H and O–H groups in total. The molecule has 2 heterocycles. The minimum Gasteiger partial charge on any atom is -0.257 e. The zero-order valence-electron chi connectivity index (χ0n) is 17.5. The molecule has 0 amide bonds. The van der Waals surface area contributed by atoms with Crippen LogP contribution in [0.1, 0.15) is 33.7 Å². The van der Waals surface area contributed by atoms with Crippen molar-refractivity contribution in [2.24, 2.45) is 5.10 Å². The van der Waals surface area contributed by atoms with Crippen LogP contribution in [0.25, 0.3) is 0 Å². The zero-order valence-corrected chi connectivity index (χ0v) is 19.1. The molecule has 2 aliphatic heterocycles. The molecule has 1 unspecified atom stereocenters. The molecule has 0 aliphatic carbocycles. The van der Waals surface area contributed by atoms with Gasteiger partial charge < -0.3 is 0 Å². The van der Waals surface area contributed by atoms with Crippen LogP contribution in [0, 0.1) is 0 Å². The predicted octanol–water partition coefficient (Wildman–Crippen LogP) is 7.94. The van der Waals surface area contributed by atoms with E-state index in [2.05, 4.69) is 114 Å². The van der Waals surface area contributed by atoms with Crippen LogP contribution in [-0.4, -0.2) is 5.71 Å². The lowest BCUT2D eigenvalue weighted by Crippen LogP contribution is -2.18. The number of hydrogen-bond donors (Lipinski definition) is 0. The van der Waals surface area contributed by atoms with Crippen molar-refractivity contribution in [1.82, 2.24) is 0 Å². The van der Waals surface area contributed by atoms with E-state index in [1.54, 1.807) is 0 Å². The smallest absolute Gasteiger partial charge is 0.0846 e. The molecular formula is C28H22N2S2. The molecule has 0 bridgehead atoms. The van der Waals surface area contributed by atoms with Crippen LogP contribution in [-0.2, 0) is 0 Å². The lowest BCUT2D eigenvalue weighted by molar-refractivity contribution is 0.709. The minimum atomic E-state index is 0.205. The number of thioether (sulfide) groups is 2. The Morgan fingerprint density at radius 3 is 1.88 bits per heavy atom. The Hall–Kier alpha value is -2.95. The second-order valence-corrected chi connectivity index (χ2v) is 10.6. The van der Waals surface area contributed by atoms with E-state index in [4.69, 9.17) is 5.10 Å². The molecule has 2 nitrogen and oxygen atoms in total. The van der Waals surface area contributed by atoms with Gasteiger partial charge in [-0.2, -0.15) is 5.10 Å². The molecule has 156 valence electrons. The maximum atomic E-state index is 5.09. The van der Waals surface area contributed by atoms with Gasteiger partial charge >= 0.3 is 0 Å². The van der Waals surface area contributed by atoms with E-state index in [0.29, 0.717) is 4.58 Å². The third-order valence-corrected chi connectivity index (χ3v) is 8.85. The Balaban J connectivity index is 1.30. The van der Waals surface area contributed by atoms with E-state index >= 15 is 0 Å². The van der Waals surface area contributed by atoms with Gasteiger partial charge in [0.1, 0.15) is 0 Å². The molecule has 0 radical (unpaired) electrons. The van der Waals surface area contributed by atoms with Gasteiger partial charge in [0.2, 0.25) is 0 Å². The van der Waals surface area contributed by atoms with Gasteiger partial charge in [-0.15, -0.1) is 23.5 Å². The summed E-state index contributed by atoms with van der Waals surface area (Å²) in [4.78, 5) is 2.76. The fraction of sp³-hybridized carbons (Fsp3) is 0.107. The highest BCUT2D eigenvalue weighted by Crippen LogP contribution is 2.56. The third-order valence-electron chi connectivity index (χ3n) is 5.95. The molecule has 4 aromatic rings. The summed E-state index contributed by atoms with van der Waals surface area (Å²) < 4.78 is 0.410. The van der Waals surface area contributed by atoms with Gasteiger partial charge in [0.25, 0.3) is 0 Å². The second kappa shape index (κ2) is 8.53. The van der Waals surface area contributed by atoms with Crippen molar-refractivity contribution in [3.8, 4) is 0 Å². The SMILES string of the molecule is c1ccc(C2=NN(c3ccc(C4Sc5ccccc5S4)cc3)C(c3ccccc3)C2)cc1.